The van der Waals surface area contributed by atoms with Crippen molar-refractivity contribution in [1.82, 2.24) is 9.55 Å². The Morgan fingerprint density at radius 3 is 2.94 bits per heavy atom. The Morgan fingerprint density at radius 1 is 1.62 bits per heavy atom. The molecule has 2 aromatic heterocycles. The number of aromatic carboxylic acids is 1. The topological polar surface area (TPSA) is 55.1 Å². The molecule has 0 saturated heterocycles. The van der Waals surface area contributed by atoms with E-state index in [1.54, 1.807) is 22.8 Å². The Kier molecular flexibility index (Phi) is 3.11. The SMILES string of the molecule is Cc1ncc(C(=O)O)n1Cc1ccc(Br)s1. The number of carboxylic acids is 1. The summed E-state index contributed by atoms with van der Waals surface area (Å²) in [6.07, 6.45) is 1.39. The maximum Gasteiger partial charge on any atom is 0.354 e. The van der Waals surface area contributed by atoms with E-state index in [0.29, 0.717) is 12.4 Å². The molecule has 0 aromatic carbocycles. The lowest BCUT2D eigenvalue weighted by Gasteiger charge is -2.05. The number of halogens is 1. The number of hydrogen-bond acceptors (Lipinski definition) is 3. The fourth-order valence-corrected chi connectivity index (χ4v) is 2.90. The van der Waals surface area contributed by atoms with Crippen molar-refractivity contribution < 1.29 is 9.90 Å². The number of aromatic nitrogens is 2. The van der Waals surface area contributed by atoms with Crippen LogP contribution in [0, 0.1) is 6.92 Å². The molecule has 0 saturated carbocycles. The molecular formula is C10H9BrN2O2S. The van der Waals surface area contributed by atoms with Crippen molar-refractivity contribution in [2.45, 2.75) is 13.5 Å². The van der Waals surface area contributed by atoms with Gasteiger partial charge in [0.2, 0.25) is 0 Å². The summed E-state index contributed by atoms with van der Waals surface area (Å²) in [7, 11) is 0. The standard InChI is InChI=1S/C10H9BrN2O2S/c1-6-12-4-8(10(14)15)13(6)5-7-2-3-9(11)16-7/h2-4H,5H2,1H3,(H,14,15). The zero-order valence-corrected chi connectivity index (χ0v) is 10.9. The zero-order chi connectivity index (χ0) is 11.7. The lowest BCUT2D eigenvalue weighted by Crippen LogP contribution is -2.10. The van der Waals surface area contributed by atoms with Gasteiger partial charge in [-0.3, -0.25) is 0 Å². The van der Waals surface area contributed by atoms with Crippen molar-refractivity contribution in [2.75, 3.05) is 0 Å². The van der Waals surface area contributed by atoms with Crippen LogP contribution in [0.2, 0.25) is 0 Å². The molecule has 0 atom stereocenters. The summed E-state index contributed by atoms with van der Waals surface area (Å²) in [6.45, 7) is 2.35. The van der Waals surface area contributed by atoms with Gasteiger partial charge in [-0.15, -0.1) is 11.3 Å². The highest BCUT2D eigenvalue weighted by molar-refractivity contribution is 9.11. The quantitative estimate of drug-likeness (QED) is 0.948. The molecule has 1 N–H and O–H groups in total. The number of imidazole rings is 1. The van der Waals surface area contributed by atoms with Gasteiger partial charge in [-0.05, 0) is 35.0 Å². The van der Waals surface area contributed by atoms with Crippen molar-refractivity contribution in [3.63, 3.8) is 0 Å². The Hall–Kier alpha value is -1.14. The number of thiophene rings is 1. The number of rotatable bonds is 3. The highest BCUT2D eigenvalue weighted by atomic mass is 79.9. The maximum absolute atomic E-state index is 11.0. The first-order valence-electron chi connectivity index (χ1n) is 4.57. The Bertz CT molecular complexity index is 533. The lowest BCUT2D eigenvalue weighted by atomic mass is 10.4. The minimum absolute atomic E-state index is 0.224. The third kappa shape index (κ3) is 2.17. The molecule has 0 fully saturated rings. The fourth-order valence-electron chi connectivity index (χ4n) is 1.43. The molecule has 6 heteroatoms. The Balaban J connectivity index is 2.33. The summed E-state index contributed by atoms with van der Waals surface area (Å²) < 4.78 is 2.73. The molecule has 2 heterocycles. The van der Waals surface area contributed by atoms with Gasteiger partial charge in [0, 0.05) is 4.88 Å². The second kappa shape index (κ2) is 4.39. The van der Waals surface area contributed by atoms with E-state index >= 15 is 0 Å². The molecule has 0 spiro atoms. The van der Waals surface area contributed by atoms with Crippen molar-refractivity contribution in [3.8, 4) is 0 Å². The van der Waals surface area contributed by atoms with Gasteiger partial charge in [0.25, 0.3) is 0 Å². The first-order valence-corrected chi connectivity index (χ1v) is 6.18. The Morgan fingerprint density at radius 2 is 2.38 bits per heavy atom. The number of carbonyl (C=O) groups is 1. The molecule has 84 valence electrons. The van der Waals surface area contributed by atoms with Gasteiger partial charge < -0.3 is 9.67 Å². The van der Waals surface area contributed by atoms with Crippen molar-refractivity contribution >= 4 is 33.2 Å². The molecule has 0 radical (unpaired) electrons. The fraction of sp³-hybridized carbons (Fsp3) is 0.200. The summed E-state index contributed by atoms with van der Waals surface area (Å²) in [6, 6.07) is 3.92. The van der Waals surface area contributed by atoms with Gasteiger partial charge in [0.1, 0.15) is 11.5 Å². The average molecular weight is 301 g/mol. The number of aryl methyl sites for hydroxylation is 1. The van der Waals surface area contributed by atoms with Gasteiger partial charge >= 0.3 is 5.97 Å². The second-order valence-corrected chi connectivity index (χ2v) is 5.84. The number of hydrogen-bond donors (Lipinski definition) is 1. The lowest BCUT2D eigenvalue weighted by molar-refractivity contribution is 0.0685. The minimum atomic E-state index is -0.948. The summed E-state index contributed by atoms with van der Waals surface area (Å²) >= 11 is 4.97. The van der Waals surface area contributed by atoms with E-state index < -0.39 is 5.97 Å². The molecule has 4 nitrogen and oxygen atoms in total. The van der Waals surface area contributed by atoms with Crippen molar-refractivity contribution in [2.24, 2.45) is 0 Å². The second-order valence-electron chi connectivity index (χ2n) is 3.29. The van der Waals surface area contributed by atoms with Gasteiger partial charge in [-0.2, -0.15) is 0 Å². The molecule has 0 bridgehead atoms. The number of nitrogens with zero attached hydrogens (tertiary/aromatic N) is 2. The predicted octanol–water partition coefficient (Wildman–Crippen LogP) is 2.76. The van der Waals surface area contributed by atoms with Crippen LogP contribution in [-0.2, 0) is 6.54 Å². The normalized spacial score (nSPS) is 10.6. The highest BCUT2D eigenvalue weighted by Gasteiger charge is 2.13. The van der Waals surface area contributed by atoms with Crippen LogP contribution >= 0.6 is 27.3 Å². The summed E-state index contributed by atoms with van der Waals surface area (Å²) in [5.74, 6) is -0.238. The van der Waals surface area contributed by atoms with Crippen LogP contribution < -0.4 is 0 Å². The van der Waals surface area contributed by atoms with Crippen LogP contribution in [0.4, 0.5) is 0 Å². The maximum atomic E-state index is 11.0. The minimum Gasteiger partial charge on any atom is -0.477 e. The molecule has 2 aromatic rings. The summed E-state index contributed by atoms with van der Waals surface area (Å²) in [5, 5.41) is 9.00. The van der Waals surface area contributed by atoms with E-state index in [4.69, 9.17) is 5.11 Å². The first-order chi connectivity index (χ1) is 7.58. The first kappa shape index (κ1) is 11.3. The van der Waals surface area contributed by atoms with Crippen LogP contribution in [0.5, 0.6) is 0 Å². The van der Waals surface area contributed by atoms with E-state index in [2.05, 4.69) is 20.9 Å². The molecular weight excluding hydrogens is 292 g/mol. The Labute approximate surface area is 105 Å². The number of carboxylic acid groups (broad SMARTS) is 1. The molecule has 0 unspecified atom stereocenters. The van der Waals surface area contributed by atoms with E-state index in [1.807, 2.05) is 12.1 Å². The van der Waals surface area contributed by atoms with Gasteiger partial charge in [0.05, 0.1) is 16.5 Å². The van der Waals surface area contributed by atoms with Gasteiger partial charge in [-0.1, -0.05) is 0 Å². The van der Waals surface area contributed by atoms with Crippen LogP contribution in [-0.4, -0.2) is 20.6 Å². The van der Waals surface area contributed by atoms with E-state index in [-0.39, 0.29) is 5.69 Å². The highest BCUT2D eigenvalue weighted by Crippen LogP contribution is 2.23. The van der Waals surface area contributed by atoms with Crippen molar-refractivity contribution in [1.29, 1.82) is 0 Å². The van der Waals surface area contributed by atoms with E-state index in [1.165, 1.54) is 6.20 Å². The van der Waals surface area contributed by atoms with E-state index in [9.17, 15) is 4.79 Å². The summed E-state index contributed by atoms with van der Waals surface area (Å²) in [5.41, 5.74) is 0.224. The third-order valence-corrected chi connectivity index (χ3v) is 3.83. The monoisotopic (exact) mass is 300 g/mol. The molecule has 0 aliphatic heterocycles. The van der Waals surface area contributed by atoms with Crippen LogP contribution in [0.25, 0.3) is 0 Å². The van der Waals surface area contributed by atoms with Crippen LogP contribution in [0.3, 0.4) is 0 Å². The van der Waals surface area contributed by atoms with Crippen LogP contribution in [0.1, 0.15) is 21.2 Å². The predicted molar refractivity (Wildman–Crippen MR) is 65.0 cm³/mol. The third-order valence-electron chi connectivity index (χ3n) is 2.22. The van der Waals surface area contributed by atoms with Crippen molar-refractivity contribution in [3.05, 3.63) is 38.5 Å². The average Bonchev–Trinajstić information content (AvgIpc) is 2.76. The van der Waals surface area contributed by atoms with Gasteiger partial charge in [0.15, 0.2) is 0 Å². The van der Waals surface area contributed by atoms with Gasteiger partial charge in [-0.25, -0.2) is 9.78 Å². The molecule has 0 aliphatic rings. The molecule has 2 rings (SSSR count). The molecule has 0 amide bonds. The zero-order valence-electron chi connectivity index (χ0n) is 8.48. The van der Waals surface area contributed by atoms with E-state index in [0.717, 1.165) is 8.66 Å². The largest absolute Gasteiger partial charge is 0.477 e. The molecule has 0 aliphatic carbocycles. The smallest absolute Gasteiger partial charge is 0.354 e. The summed E-state index contributed by atoms with van der Waals surface area (Å²) in [4.78, 5) is 16.1. The molecule has 16 heavy (non-hydrogen) atoms. The van der Waals surface area contributed by atoms with Crippen LogP contribution in [0.15, 0.2) is 22.1 Å².